The van der Waals surface area contributed by atoms with Crippen molar-refractivity contribution in [2.45, 2.75) is 13.5 Å². The monoisotopic (exact) mass is 422 g/mol. The molecule has 0 aliphatic carbocycles. The zero-order valence-corrected chi connectivity index (χ0v) is 17.0. The van der Waals surface area contributed by atoms with E-state index in [9.17, 15) is 23.5 Å². The van der Waals surface area contributed by atoms with Gasteiger partial charge in [0.15, 0.2) is 23.1 Å². The molecular formula is C19H20F2N4O5. The average molecular weight is 422 g/mol. The van der Waals surface area contributed by atoms with Crippen LogP contribution in [0.25, 0.3) is 0 Å². The number of hydrogen-bond donors (Lipinski definition) is 1. The van der Waals surface area contributed by atoms with Crippen LogP contribution < -0.4 is 24.2 Å². The van der Waals surface area contributed by atoms with E-state index < -0.39 is 29.4 Å². The van der Waals surface area contributed by atoms with E-state index in [1.807, 2.05) is 0 Å². The number of rotatable bonds is 4. The van der Waals surface area contributed by atoms with Crippen LogP contribution in [0.1, 0.15) is 11.1 Å². The Kier molecular flexibility index (Phi) is 5.38. The lowest BCUT2D eigenvalue weighted by atomic mass is 10.1. The maximum Gasteiger partial charge on any atom is 0.412 e. The van der Waals surface area contributed by atoms with Crippen molar-refractivity contribution in [3.8, 4) is 11.5 Å². The van der Waals surface area contributed by atoms with Gasteiger partial charge in [0.25, 0.3) is 0 Å². The van der Waals surface area contributed by atoms with Crippen LogP contribution in [0.2, 0.25) is 0 Å². The molecule has 3 amide bonds. The SMILES string of the molecule is COc1cc(OC)c(F)c(N2Cc3cnc(N(C)C(=O)O)c(C)c3N(C)C2=O)c1F. The highest BCUT2D eigenvalue weighted by atomic mass is 19.1. The molecule has 160 valence electrons. The third-order valence-corrected chi connectivity index (χ3v) is 4.94. The number of halogens is 2. The Balaban J connectivity index is 2.16. The molecule has 0 saturated carbocycles. The number of hydrogen-bond acceptors (Lipinski definition) is 5. The summed E-state index contributed by atoms with van der Waals surface area (Å²) in [6, 6.07) is 0.341. The Morgan fingerprint density at radius 3 is 2.27 bits per heavy atom. The van der Waals surface area contributed by atoms with Gasteiger partial charge in [-0.25, -0.2) is 23.4 Å². The molecule has 9 nitrogen and oxygen atoms in total. The number of fused-ring (bicyclic) bond motifs is 1. The first-order valence-corrected chi connectivity index (χ1v) is 8.74. The fourth-order valence-corrected chi connectivity index (χ4v) is 3.45. The zero-order valence-electron chi connectivity index (χ0n) is 17.0. The molecule has 0 saturated heterocycles. The first-order chi connectivity index (χ1) is 14.1. The fraction of sp³-hybridized carbons (Fsp3) is 0.316. The minimum absolute atomic E-state index is 0.148. The van der Waals surface area contributed by atoms with Crippen LogP contribution in [0.4, 0.5) is 35.6 Å². The van der Waals surface area contributed by atoms with Gasteiger partial charge in [0, 0.05) is 37.5 Å². The molecule has 0 unspecified atom stereocenters. The van der Waals surface area contributed by atoms with Gasteiger partial charge in [-0.05, 0) is 6.92 Å². The summed E-state index contributed by atoms with van der Waals surface area (Å²) in [5, 5.41) is 9.22. The lowest BCUT2D eigenvalue weighted by molar-refractivity contribution is 0.203. The molecule has 1 N–H and O–H groups in total. The third-order valence-electron chi connectivity index (χ3n) is 4.94. The van der Waals surface area contributed by atoms with E-state index in [2.05, 4.69) is 4.98 Å². The molecule has 0 spiro atoms. The normalized spacial score (nSPS) is 13.2. The van der Waals surface area contributed by atoms with E-state index in [0.29, 0.717) is 16.8 Å². The van der Waals surface area contributed by atoms with Gasteiger partial charge in [0.1, 0.15) is 11.5 Å². The molecule has 0 radical (unpaired) electrons. The van der Waals surface area contributed by atoms with Crippen molar-refractivity contribution in [1.82, 2.24) is 4.98 Å². The number of carboxylic acid groups (broad SMARTS) is 1. The minimum Gasteiger partial charge on any atom is -0.493 e. The maximum absolute atomic E-state index is 14.9. The van der Waals surface area contributed by atoms with Crippen molar-refractivity contribution >= 4 is 29.3 Å². The number of methoxy groups -OCH3 is 2. The molecule has 11 heteroatoms. The standard InChI is InChI=1S/C19H20F2N4O5/c1-9-15-10(7-22-17(9)24(3)19(27)28)8-25(18(26)23(15)2)16-13(20)11(29-4)6-12(30-5)14(16)21/h6-7H,8H2,1-5H3,(H,27,28). The number of amides is 3. The van der Waals surface area contributed by atoms with Crippen molar-refractivity contribution in [3.63, 3.8) is 0 Å². The molecule has 0 fully saturated rings. The summed E-state index contributed by atoms with van der Waals surface area (Å²) in [7, 11) is 5.19. The van der Waals surface area contributed by atoms with Crippen LogP contribution in [0.15, 0.2) is 12.3 Å². The predicted molar refractivity (Wildman–Crippen MR) is 105 cm³/mol. The Morgan fingerprint density at radius 2 is 1.77 bits per heavy atom. The molecule has 1 aromatic heterocycles. The highest BCUT2D eigenvalue weighted by Crippen LogP contribution is 2.42. The van der Waals surface area contributed by atoms with Gasteiger partial charge >= 0.3 is 12.1 Å². The summed E-state index contributed by atoms with van der Waals surface area (Å²) >= 11 is 0. The van der Waals surface area contributed by atoms with Gasteiger partial charge < -0.3 is 14.6 Å². The van der Waals surface area contributed by atoms with E-state index in [0.717, 1.165) is 15.9 Å². The van der Waals surface area contributed by atoms with Crippen LogP contribution >= 0.6 is 0 Å². The van der Waals surface area contributed by atoms with Gasteiger partial charge in [-0.15, -0.1) is 0 Å². The largest absolute Gasteiger partial charge is 0.493 e. The third kappa shape index (κ3) is 3.11. The lowest BCUT2D eigenvalue weighted by Gasteiger charge is -2.36. The summed E-state index contributed by atoms with van der Waals surface area (Å²) in [5.74, 6) is -2.51. The Bertz CT molecular complexity index is 1020. The van der Waals surface area contributed by atoms with Gasteiger partial charge in [0.05, 0.1) is 26.5 Å². The van der Waals surface area contributed by atoms with E-state index in [1.54, 1.807) is 6.92 Å². The van der Waals surface area contributed by atoms with Crippen molar-refractivity contribution in [2.75, 3.05) is 43.0 Å². The van der Waals surface area contributed by atoms with Crippen LogP contribution in [-0.4, -0.2) is 50.5 Å². The molecule has 1 aromatic carbocycles. The highest BCUT2D eigenvalue weighted by molar-refractivity contribution is 6.07. The lowest BCUT2D eigenvalue weighted by Crippen LogP contribution is -2.46. The van der Waals surface area contributed by atoms with E-state index in [-0.39, 0.29) is 23.9 Å². The summed E-state index contributed by atoms with van der Waals surface area (Å²) < 4.78 is 39.7. The first kappa shape index (κ1) is 21.1. The number of urea groups is 1. The highest BCUT2D eigenvalue weighted by Gasteiger charge is 2.36. The molecule has 1 aliphatic rings. The number of pyridine rings is 1. The number of carbonyl (C=O) groups excluding carboxylic acids is 1. The zero-order chi connectivity index (χ0) is 22.3. The number of carbonyl (C=O) groups is 2. The summed E-state index contributed by atoms with van der Waals surface area (Å²) in [5.41, 5.74) is 0.734. The average Bonchev–Trinajstić information content (AvgIpc) is 2.71. The molecular weight excluding hydrogens is 402 g/mol. The predicted octanol–water partition coefficient (Wildman–Crippen LogP) is 3.38. The second-order valence-corrected chi connectivity index (χ2v) is 6.61. The molecule has 2 aromatic rings. The van der Waals surface area contributed by atoms with E-state index >= 15 is 0 Å². The van der Waals surface area contributed by atoms with Crippen LogP contribution in [0.5, 0.6) is 11.5 Å². The van der Waals surface area contributed by atoms with Gasteiger partial charge in [-0.2, -0.15) is 0 Å². The van der Waals surface area contributed by atoms with Crippen molar-refractivity contribution in [3.05, 3.63) is 35.0 Å². The van der Waals surface area contributed by atoms with Crippen LogP contribution in [0, 0.1) is 18.6 Å². The summed E-state index contributed by atoms with van der Waals surface area (Å²) in [6.07, 6.45) is 0.157. The Hall–Kier alpha value is -3.63. The number of benzene rings is 1. The smallest absolute Gasteiger partial charge is 0.412 e. The summed E-state index contributed by atoms with van der Waals surface area (Å²) in [4.78, 5) is 31.5. The molecule has 0 atom stereocenters. The van der Waals surface area contributed by atoms with Gasteiger partial charge in [0.2, 0.25) is 0 Å². The molecule has 0 bridgehead atoms. The molecule has 30 heavy (non-hydrogen) atoms. The van der Waals surface area contributed by atoms with E-state index in [1.165, 1.54) is 39.4 Å². The van der Waals surface area contributed by atoms with Gasteiger partial charge in [-0.1, -0.05) is 0 Å². The molecule has 1 aliphatic heterocycles. The Labute approximate surface area is 171 Å². The van der Waals surface area contributed by atoms with E-state index in [4.69, 9.17) is 9.47 Å². The maximum atomic E-state index is 14.9. The first-order valence-electron chi connectivity index (χ1n) is 8.74. The topological polar surface area (TPSA) is 95.4 Å². The number of nitrogens with zero attached hydrogens (tertiary/aromatic N) is 4. The summed E-state index contributed by atoms with van der Waals surface area (Å²) in [6.45, 7) is 1.43. The van der Waals surface area contributed by atoms with Gasteiger partial charge in [-0.3, -0.25) is 14.7 Å². The quantitative estimate of drug-likeness (QED) is 0.812. The van der Waals surface area contributed by atoms with Crippen molar-refractivity contribution in [2.24, 2.45) is 0 Å². The Morgan fingerprint density at radius 1 is 1.20 bits per heavy atom. The minimum atomic E-state index is -1.22. The van der Waals surface area contributed by atoms with Crippen LogP contribution in [0.3, 0.4) is 0 Å². The molecule has 2 heterocycles. The van der Waals surface area contributed by atoms with Crippen LogP contribution in [-0.2, 0) is 6.54 Å². The van der Waals surface area contributed by atoms with Crippen molar-refractivity contribution < 1.29 is 33.0 Å². The number of ether oxygens (including phenoxy) is 2. The number of aromatic nitrogens is 1. The second kappa shape index (κ2) is 7.65. The second-order valence-electron chi connectivity index (χ2n) is 6.61. The fourth-order valence-electron chi connectivity index (χ4n) is 3.45. The molecule has 3 rings (SSSR count). The van der Waals surface area contributed by atoms with Crippen molar-refractivity contribution in [1.29, 1.82) is 0 Å². The number of anilines is 3.